The van der Waals surface area contributed by atoms with Crippen molar-refractivity contribution in [3.8, 4) is 11.5 Å². The molecule has 0 saturated carbocycles. The molecule has 2 atom stereocenters. The third-order valence-corrected chi connectivity index (χ3v) is 11.0. The number of ether oxygens (including phenoxy) is 2. The van der Waals surface area contributed by atoms with Gasteiger partial charge in [0.2, 0.25) is 10.0 Å². The lowest BCUT2D eigenvalue weighted by molar-refractivity contribution is 0.0572. The summed E-state index contributed by atoms with van der Waals surface area (Å²) in [5, 5.41) is 3.56. The van der Waals surface area contributed by atoms with Crippen LogP contribution in [0.5, 0.6) is 11.5 Å². The molecule has 0 aliphatic carbocycles. The number of anilines is 1. The van der Waals surface area contributed by atoms with Gasteiger partial charge in [0, 0.05) is 38.8 Å². The van der Waals surface area contributed by atoms with E-state index in [0.717, 1.165) is 25.0 Å². The minimum absolute atomic E-state index is 0.0350. The van der Waals surface area contributed by atoms with Crippen molar-refractivity contribution in [3.05, 3.63) is 101 Å². The number of hydrogen-bond donors (Lipinski definition) is 1. The van der Waals surface area contributed by atoms with Gasteiger partial charge in [-0.05, 0) is 62.1 Å². The summed E-state index contributed by atoms with van der Waals surface area (Å²) in [5.74, 6) is 0.375. The Balaban J connectivity index is 1.24. The zero-order chi connectivity index (χ0) is 34.7. The van der Waals surface area contributed by atoms with Crippen LogP contribution >= 0.6 is 0 Å². The summed E-state index contributed by atoms with van der Waals surface area (Å²) in [6, 6.07) is 20.7. The SMILES string of the molecule is COc1ccc(C(CCCNS(=O)(=O)c2cnoc2C)N2C(=O)c3cccc(N4CCN([C@H](C)c5ccccc5)CC4)c3C2=O)cc1OC. The molecule has 2 amide bonds. The first-order valence-corrected chi connectivity index (χ1v) is 17.8. The van der Waals surface area contributed by atoms with E-state index >= 15 is 0 Å². The fourth-order valence-electron chi connectivity index (χ4n) is 6.76. The topological polar surface area (TPSA) is 135 Å². The zero-order valence-electron chi connectivity index (χ0n) is 28.1. The highest BCUT2D eigenvalue weighted by Gasteiger charge is 2.43. The standard InChI is InChI=1S/C36H41N5O7S/c1-24(26-10-6-5-7-11-26)39-18-20-40(21-19-39)30-13-8-12-28-34(30)36(43)41(35(28)42)29(27-15-16-31(46-3)32(22-27)47-4)14-9-17-38-49(44,45)33-23-37-48-25(33)2/h5-8,10-13,15-16,22-24,29,38H,9,14,17-21H2,1-4H3/t24-,29?/m1/s1. The molecule has 4 aromatic rings. The first-order chi connectivity index (χ1) is 23.6. The summed E-state index contributed by atoms with van der Waals surface area (Å²) in [5.41, 5.74) is 3.42. The molecule has 258 valence electrons. The molecule has 1 saturated heterocycles. The Kier molecular flexibility index (Phi) is 10.0. The molecule has 2 aliphatic heterocycles. The lowest BCUT2D eigenvalue weighted by Gasteiger charge is -2.39. The molecule has 2 aliphatic rings. The molecule has 1 unspecified atom stereocenters. The highest BCUT2D eigenvalue weighted by molar-refractivity contribution is 7.89. The monoisotopic (exact) mass is 687 g/mol. The van der Waals surface area contributed by atoms with Gasteiger partial charge in [0.15, 0.2) is 17.3 Å². The van der Waals surface area contributed by atoms with E-state index in [1.807, 2.05) is 18.2 Å². The molecule has 0 spiro atoms. The molecule has 1 aromatic heterocycles. The predicted octanol–water partition coefficient (Wildman–Crippen LogP) is 4.98. The van der Waals surface area contributed by atoms with Crippen LogP contribution in [0.1, 0.15) is 69.5 Å². The average molecular weight is 688 g/mol. The van der Waals surface area contributed by atoms with Crippen molar-refractivity contribution in [2.75, 3.05) is 51.8 Å². The number of aromatic nitrogens is 1. The Bertz CT molecular complexity index is 1920. The molecular weight excluding hydrogens is 646 g/mol. The van der Waals surface area contributed by atoms with Crippen LogP contribution in [0.3, 0.4) is 0 Å². The number of sulfonamides is 1. The van der Waals surface area contributed by atoms with Gasteiger partial charge in [-0.2, -0.15) is 0 Å². The minimum atomic E-state index is -3.86. The van der Waals surface area contributed by atoms with Crippen LogP contribution < -0.4 is 19.1 Å². The first kappa shape index (κ1) is 34.2. The van der Waals surface area contributed by atoms with Crippen LogP contribution in [-0.4, -0.2) is 82.1 Å². The second-order valence-electron chi connectivity index (χ2n) is 12.2. The summed E-state index contributed by atoms with van der Waals surface area (Å²) in [6.07, 6.45) is 1.77. The van der Waals surface area contributed by atoms with E-state index in [1.54, 1.807) is 24.3 Å². The average Bonchev–Trinajstić information content (AvgIpc) is 3.68. The number of fused-ring (bicyclic) bond motifs is 1. The number of imide groups is 1. The molecule has 12 nitrogen and oxygen atoms in total. The van der Waals surface area contributed by atoms with Crippen molar-refractivity contribution in [2.24, 2.45) is 0 Å². The minimum Gasteiger partial charge on any atom is -0.493 e. The molecule has 49 heavy (non-hydrogen) atoms. The van der Waals surface area contributed by atoms with Crippen LogP contribution in [0, 0.1) is 6.92 Å². The van der Waals surface area contributed by atoms with Crippen molar-refractivity contribution in [1.29, 1.82) is 0 Å². The van der Waals surface area contributed by atoms with E-state index in [2.05, 4.69) is 50.9 Å². The molecule has 1 N–H and O–H groups in total. The predicted molar refractivity (Wildman–Crippen MR) is 184 cm³/mol. The molecule has 1 fully saturated rings. The van der Waals surface area contributed by atoms with Crippen molar-refractivity contribution in [1.82, 2.24) is 19.7 Å². The fraction of sp³-hybridized carbons (Fsp3) is 0.361. The van der Waals surface area contributed by atoms with Crippen LogP contribution in [0.15, 0.2) is 82.3 Å². The van der Waals surface area contributed by atoms with E-state index in [1.165, 1.54) is 31.6 Å². The van der Waals surface area contributed by atoms with Gasteiger partial charge in [0.25, 0.3) is 11.8 Å². The second kappa shape index (κ2) is 14.4. The number of carbonyl (C=O) groups excluding carboxylic acids is 2. The summed E-state index contributed by atoms with van der Waals surface area (Å²) in [4.78, 5) is 34.4. The van der Waals surface area contributed by atoms with Crippen molar-refractivity contribution >= 4 is 27.5 Å². The fourth-order valence-corrected chi connectivity index (χ4v) is 7.92. The molecule has 3 aromatic carbocycles. The number of methoxy groups -OCH3 is 2. The van der Waals surface area contributed by atoms with Gasteiger partial charge in [-0.15, -0.1) is 0 Å². The molecule has 6 rings (SSSR count). The van der Waals surface area contributed by atoms with Crippen LogP contribution in [0.2, 0.25) is 0 Å². The van der Waals surface area contributed by atoms with Crippen molar-refractivity contribution in [3.63, 3.8) is 0 Å². The van der Waals surface area contributed by atoms with Gasteiger partial charge in [0.1, 0.15) is 4.90 Å². The third kappa shape index (κ3) is 6.78. The first-order valence-electron chi connectivity index (χ1n) is 16.3. The van der Waals surface area contributed by atoms with Crippen LogP contribution in [-0.2, 0) is 10.0 Å². The lowest BCUT2D eigenvalue weighted by Crippen LogP contribution is -2.47. The highest BCUT2D eigenvalue weighted by atomic mass is 32.2. The van der Waals surface area contributed by atoms with E-state index in [9.17, 15) is 18.0 Å². The van der Waals surface area contributed by atoms with E-state index in [-0.39, 0.29) is 35.6 Å². The number of amides is 2. The Hall–Kier alpha value is -4.72. The largest absolute Gasteiger partial charge is 0.493 e. The number of carbonyl (C=O) groups is 2. The number of piperazine rings is 1. The van der Waals surface area contributed by atoms with Crippen molar-refractivity contribution < 1.29 is 32.0 Å². The Morgan fingerprint density at radius 2 is 1.63 bits per heavy atom. The quantitative estimate of drug-likeness (QED) is 0.152. The molecule has 3 heterocycles. The molecule has 0 bridgehead atoms. The normalized spacial score (nSPS) is 16.5. The van der Waals surface area contributed by atoms with E-state index < -0.39 is 22.0 Å². The van der Waals surface area contributed by atoms with Crippen LogP contribution in [0.25, 0.3) is 0 Å². The summed E-state index contributed by atoms with van der Waals surface area (Å²) < 4.78 is 44.2. The lowest BCUT2D eigenvalue weighted by atomic mass is 9.99. The van der Waals surface area contributed by atoms with Gasteiger partial charge in [-0.3, -0.25) is 19.4 Å². The highest BCUT2D eigenvalue weighted by Crippen LogP contribution is 2.40. The number of nitrogens with one attached hydrogen (secondary N) is 1. The number of nitrogens with zero attached hydrogens (tertiary/aromatic N) is 4. The molecular formula is C36H41N5O7S. The van der Waals surface area contributed by atoms with Gasteiger partial charge in [-0.1, -0.05) is 47.6 Å². The van der Waals surface area contributed by atoms with Crippen LogP contribution in [0.4, 0.5) is 5.69 Å². The maximum atomic E-state index is 14.4. The number of benzene rings is 3. The zero-order valence-corrected chi connectivity index (χ0v) is 28.9. The second-order valence-corrected chi connectivity index (χ2v) is 13.9. The third-order valence-electron chi connectivity index (χ3n) is 9.46. The number of aryl methyl sites for hydroxylation is 1. The Morgan fingerprint density at radius 1 is 0.898 bits per heavy atom. The van der Waals surface area contributed by atoms with Crippen molar-refractivity contribution in [2.45, 2.75) is 43.7 Å². The maximum absolute atomic E-state index is 14.4. The smallest absolute Gasteiger partial charge is 0.264 e. The van der Waals surface area contributed by atoms with E-state index in [0.29, 0.717) is 47.7 Å². The molecule has 0 radical (unpaired) electrons. The number of hydrogen-bond acceptors (Lipinski definition) is 10. The maximum Gasteiger partial charge on any atom is 0.264 e. The summed E-state index contributed by atoms with van der Waals surface area (Å²) in [7, 11) is -0.802. The van der Waals surface area contributed by atoms with Gasteiger partial charge in [-0.25, -0.2) is 13.1 Å². The summed E-state index contributed by atoms with van der Waals surface area (Å²) in [6.45, 7) is 6.84. The van der Waals surface area contributed by atoms with Gasteiger partial charge in [0.05, 0.1) is 43.3 Å². The number of rotatable bonds is 13. The molecule has 13 heteroatoms. The Labute approximate surface area is 286 Å². The van der Waals surface area contributed by atoms with E-state index in [4.69, 9.17) is 14.0 Å². The van der Waals surface area contributed by atoms with Gasteiger partial charge >= 0.3 is 0 Å². The van der Waals surface area contributed by atoms with Gasteiger partial charge < -0.3 is 18.9 Å². The summed E-state index contributed by atoms with van der Waals surface area (Å²) >= 11 is 0. The Morgan fingerprint density at radius 3 is 2.31 bits per heavy atom.